The van der Waals surface area contributed by atoms with Crippen molar-refractivity contribution in [2.24, 2.45) is 0 Å². The van der Waals surface area contributed by atoms with Crippen LogP contribution in [-0.2, 0) is 16.1 Å². The van der Waals surface area contributed by atoms with Gasteiger partial charge in [-0.25, -0.2) is 0 Å². The van der Waals surface area contributed by atoms with Crippen molar-refractivity contribution in [3.8, 4) is 11.5 Å². The second-order valence-electron chi connectivity index (χ2n) is 2.79. The third-order valence-corrected chi connectivity index (χ3v) is 1.69. The van der Waals surface area contributed by atoms with Gasteiger partial charge in [0.1, 0.15) is 6.61 Å². The quantitative estimate of drug-likeness (QED) is 0.743. The van der Waals surface area contributed by atoms with Crippen LogP contribution in [0.3, 0.4) is 0 Å². The summed E-state index contributed by atoms with van der Waals surface area (Å²) in [5.74, 6) is 0.0917. The average Bonchev–Trinajstić information content (AvgIpc) is 2.15. The minimum absolute atomic E-state index is 0.0390. The van der Waals surface area contributed by atoms with Gasteiger partial charge in [-0.2, -0.15) is 0 Å². The predicted octanol–water partition coefficient (Wildman–Crippen LogP) is 1.46. The van der Waals surface area contributed by atoms with E-state index in [1.165, 1.54) is 20.1 Å². The van der Waals surface area contributed by atoms with Crippen LogP contribution in [0.2, 0.25) is 0 Å². The number of hydrogen-bond acceptors (Lipinski definition) is 4. The lowest BCUT2D eigenvalue weighted by Gasteiger charge is -2.06. The molecule has 0 spiro atoms. The lowest BCUT2D eigenvalue weighted by atomic mass is 10.2. The van der Waals surface area contributed by atoms with Crippen LogP contribution in [0.15, 0.2) is 18.2 Å². The number of phenols is 1. The number of esters is 1. The van der Waals surface area contributed by atoms with Crippen molar-refractivity contribution in [2.45, 2.75) is 13.5 Å². The van der Waals surface area contributed by atoms with Crippen LogP contribution >= 0.6 is 0 Å². The van der Waals surface area contributed by atoms with Crippen molar-refractivity contribution < 1.29 is 19.4 Å². The Kier molecular flexibility index (Phi) is 3.34. The van der Waals surface area contributed by atoms with E-state index in [2.05, 4.69) is 0 Å². The second kappa shape index (κ2) is 4.50. The molecule has 14 heavy (non-hydrogen) atoms. The second-order valence-corrected chi connectivity index (χ2v) is 2.79. The summed E-state index contributed by atoms with van der Waals surface area (Å²) in [6, 6.07) is 4.84. The van der Waals surface area contributed by atoms with E-state index in [9.17, 15) is 9.90 Å². The Morgan fingerprint density at radius 3 is 2.71 bits per heavy atom. The summed E-state index contributed by atoms with van der Waals surface area (Å²) in [6.45, 7) is 1.50. The van der Waals surface area contributed by atoms with E-state index >= 15 is 0 Å². The van der Waals surface area contributed by atoms with Crippen molar-refractivity contribution in [3.05, 3.63) is 23.8 Å². The number of carbonyl (C=O) groups excluding carboxylic acids is 1. The first-order chi connectivity index (χ1) is 6.63. The molecule has 4 heteroatoms. The fourth-order valence-electron chi connectivity index (χ4n) is 1.01. The molecule has 0 unspecified atom stereocenters. The molecule has 0 bridgehead atoms. The summed E-state index contributed by atoms with van der Waals surface area (Å²) in [6.07, 6.45) is 0. The van der Waals surface area contributed by atoms with E-state index in [1.807, 2.05) is 0 Å². The number of hydrogen-bond donors (Lipinski definition) is 1. The molecule has 0 saturated carbocycles. The zero-order valence-electron chi connectivity index (χ0n) is 8.11. The van der Waals surface area contributed by atoms with Crippen molar-refractivity contribution in [3.63, 3.8) is 0 Å². The fourth-order valence-corrected chi connectivity index (χ4v) is 1.01. The van der Waals surface area contributed by atoms with Gasteiger partial charge in [-0.15, -0.1) is 0 Å². The first kappa shape index (κ1) is 10.4. The Hall–Kier alpha value is -1.71. The van der Waals surface area contributed by atoms with Gasteiger partial charge in [0.25, 0.3) is 0 Å². The van der Waals surface area contributed by atoms with Gasteiger partial charge in [-0.05, 0) is 17.7 Å². The zero-order chi connectivity index (χ0) is 10.6. The lowest BCUT2D eigenvalue weighted by molar-refractivity contribution is -0.142. The molecule has 1 rings (SSSR count). The fraction of sp³-hybridized carbons (Fsp3) is 0.300. The molecule has 1 N–H and O–H groups in total. The van der Waals surface area contributed by atoms with E-state index in [0.29, 0.717) is 5.75 Å². The predicted molar refractivity (Wildman–Crippen MR) is 50.1 cm³/mol. The summed E-state index contributed by atoms with van der Waals surface area (Å²) in [5.41, 5.74) is 0.721. The topological polar surface area (TPSA) is 55.8 Å². The molecule has 0 amide bonds. The highest BCUT2D eigenvalue weighted by atomic mass is 16.5. The largest absolute Gasteiger partial charge is 0.504 e. The molecule has 0 aromatic heterocycles. The first-order valence-electron chi connectivity index (χ1n) is 4.12. The third kappa shape index (κ3) is 2.65. The monoisotopic (exact) mass is 196 g/mol. The van der Waals surface area contributed by atoms with Crippen molar-refractivity contribution >= 4 is 5.97 Å². The summed E-state index contributed by atoms with van der Waals surface area (Å²) >= 11 is 0. The maximum atomic E-state index is 10.5. The van der Waals surface area contributed by atoms with Gasteiger partial charge in [0, 0.05) is 6.92 Å². The lowest BCUT2D eigenvalue weighted by Crippen LogP contribution is -1.98. The third-order valence-electron chi connectivity index (χ3n) is 1.69. The van der Waals surface area contributed by atoms with Crippen molar-refractivity contribution in [2.75, 3.05) is 7.11 Å². The Labute approximate surface area is 82.1 Å². The average molecular weight is 196 g/mol. The molecule has 0 saturated heterocycles. The maximum absolute atomic E-state index is 10.5. The number of methoxy groups -OCH3 is 1. The smallest absolute Gasteiger partial charge is 0.302 e. The normalized spacial score (nSPS) is 9.57. The molecular formula is C10H12O4. The molecule has 0 aliphatic heterocycles. The van der Waals surface area contributed by atoms with Crippen molar-refractivity contribution in [1.82, 2.24) is 0 Å². The molecule has 0 radical (unpaired) electrons. The maximum Gasteiger partial charge on any atom is 0.302 e. The van der Waals surface area contributed by atoms with Gasteiger partial charge in [0.15, 0.2) is 11.5 Å². The number of aromatic hydroxyl groups is 1. The number of rotatable bonds is 3. The van der Waals surface area contributed by atoms with E-state index in [-0.39, 0.29) is 18.3 Å². The molecule has 4 nitrogen and oxygen atoms in total. The highest BCUT2D eigenvalue weighted by molar-refractivity contribution is 5.65. The van der Waals surface area contributed by atoms with Crippen LogP contribution < -0.4 is 4.74 Å². The van der Waals surface area contributed by atoms with E-state index in [1.54, 1.807) is 12.1 Å². The standard InChI is InChI=1S/C10H12O4/c1-7(11)14-6-8-3-4-10(13-2)9(12)5-8/h3-5,12H,6H2,1-2H3. The number of carbonyl (C=O) groups is 1. The summed E-state index contributed by atoms with van der Waals surface area (Å²) in [4.78, 5) is 10.5. The molecule has 0 heterocycles. The summed E-state index contributed by atoms with van der Waals surface area (Å²) < 4.78 is 9.63. The zero-order valence-corrected chi connectivity index (χ0v) is 8.11. The van der Waals surface area contributed by atoms with Gasteiger partial charge in [0.2, 0.25) is 0 Å². The van der Waals surface area contributed by atoms with Crippen LogP contribution in [0.5, 0.6) is 11.5 Å². The Bertz CT molecular complexity index is 333. The molecule has 1 aromatic rings. The van der Waals surface area contributed by atoms with E-state index < -0.39 is 0 Å². The van der Waals surface area contributed by atoms with Gasteiger partial charge in [-0.1, -0.05) is 6.07 Å². The Morgan fingerprint density at radius 1 is 1.50 bits per heavy atom. The first-order valence-corrected chi connectivity index (χ1v) is 4.12. The van der Waals surface area contributed by atoms with E-state index in [0.717, 1.165) is 5.56 Å². The minimum atomic E-state index is -0.347. The van der Waals surface area contributed by atoms with Crippen molar-refractivity contribution in [1.29, 1.82) is 0 Å². The van der Waals surface area contributed by atoms with Crippen LogP contribution in [0, 0.1) is 0 Å². The molecule has 76 valence electrons. The summed E-state index contributed by atoms with van der Waals surface area (Å²) in [5, 5.41) is 9.39. The van der Waals surface area contributed by atoms with Gasteiger partial charge in [-0.3, -0.25) is 4.79 Å². The number of benzene rings is 1. The van der Waals surface area contributed by atoms with Crippen LogP contribution in [-0.4, -0.2) is 18.2 Å². The molecule has 0 aliphatic rings. The van der Waals surface area contributed by atoms with Crippen LogP contribution in [0.25, 0.3) is 0 Å². The molecule has 0 atom stereocenters. The van der Waals surface area contributed by atoms with Gasteiger partial charge < -0.3 is 14.6 Å². The number of ether oxygens (including phenoxy) is 2. The van der Waals surface area contributed by atoms with E-state index in [4.69, 9.17) is 9.47 Å². The molecular weight excluding hydrogens is 184 g/mol. The minimum Gasteiger partial charge on any atom is -0.504 e. The molecule has 0 aliphatic carbocycles. The van der Waals surface area contributed by atoms with Gasteiger partial charge >= 0.3 is 5.97 Å². The van der Waals surface area contributed by atoms with Gasteiger partial charge in [0.05, 0.1) is 7.11 Å². The van der Waals surface area contributed by atoms with Crippen LogP contribution in [0.4, 0.5) is 0 Å². The summed E-state index contributed by atoms with van der Waals surface area (Å²) in [7, 11) is 1.47. The molecule has 1 aromatic carbocycles. The number of phenolic OH excluding ortho intramolecular Hbond substituents is 1. The Morgan fingerprint density at radius 2 is 2.21 bits per heavy atom. The SMILES string of the molecule is COc1ccc(COC(C)=O)cc1O. The van der Waals surface area contributed by atoms with Crippen LogP contribution in [0.1, 0.15) is 12.5 Å². The Balaban J connectivity index is 2.71. The molecule has 0 fully saturated rings. The highest BCUT2D eigenvalue weighted by Crippen LogP contribution is 2.26. The highest BCUT2D eigenvalue weighted by Gasteiger charge is 2.03.